The van der Waals surface area contributed by atoms with Crippen LogP contribution in [0.4, 0.5) is 0 Å². The highest BCUT2D eigenvalue weighted by atomic mass is 32.2. The van der Waals surface area contributed by atoms with E-state index in [2.05, 4.69) is 4.90 Å². The molecule has 10 heteroatoms. The van der Waals surface area contributed by atoms with E-state index in [-0.39, 0.29) is 17.5 Å². The first-order valence-corrected chi connectivity index (χ1v) is 11.7. The lowest BCUT2D eigenvalue weighted by atomic mass is 10.2. The Kier molecular flexibility index (Phi) is 6.29. The van der Waals surface area contributed by atoms with Crippen LogP contribution in [-0.4, -0.2) is 65.5 Å². The Morgan fingerprint density at radius 1 is 1.50 bits per heavy atom. The number of nitrogens with zero attached hydrogens (tertiary/aromatic N) is 4. The number of ether oxygens (including phenoxy) is 1. The molecule has 26 heavy (non-hydrogen) atoms. The molecule has 0 N–H and O–H groups in total. The van der Waals surface area contributed by atoms with Crippen LogP contribution in [0.3, 0.4) is 0 Å². The number of thiophene rings is 1. The van der Waals surface area contributed by atoms with Crippen molar-refractivity contribution in [2.24, 2.45) is 0 Å². The fourth-order valence-electron chi connectivity index (χ4n) is 3.22. The zero-order chi connectivity index (χ0) is 18.7. The molecule has 0 bridgehead atoms. The quantitative estimate of drug-likeness (QED) is 0.615. The molecule has 0 saturated carbocycles. The predicted molar refractivity (Wildman–Crippen MR) is 106 cm³/mol. The number of rotatable bonds is 8. The number of hydrogen-bond acceptors (Lipinski definition) is 7. The molecule has 3 rings (SSSR count). The molecule has 2 aromatic rings. The van der Waals surface area contributed by atoms with E-state index in [1.807, 2.05) is 29.0 Å². The Labute approximate surface area is 163 Å². The fraction of sp³-hybridized carbons (Fsp3) is 0.625. The van der Waals surface area contributed by atoms with Gasteiger partial charge in [0.2, 0.25) is 0 Å². The summed E-state index contributed by atoms with van der Waals surface area (Å²) >= 11 is 7.26. The van der Waals surface area contributed by atoms with Gasteiger partial charge in [0.1, 0.15) is 0 Å². The van der Waals surface area contributed by atoms with E-state index in [4.69, 9.17) is 22.1 Å². The summed E-state index contributed by atoms with van der Waals surface area (Å²) < 4.78 is 33.5. The maximum absolute atomic E-state index is 11.9. The van der Waals surface area contributed by atoms with Crippen molar-refractivity contribution in [1.29, 1.82) is 0 Å². The van der Waals surface area contributed by atoms with E-state index in [0.717, 1.165) is 17.2 Å². The molecule has 0 amide bonds. The van der Waals surface area contributed by atoms with Crippen LogP contribution in [0.1, 0.15) is 13.3 Å². The molecule has 0 aromatic carbocycles. The van der Waals surface area contributed by atoms with Crippen LogP contribution in [-0.2, 0) is 27.8 Å². The van der Waals surface area contributed by atoms with Gasteiger partial charge in [0.05, 0.1) is 29.7 Å². The van der Waals surface area contributed by atoms with Gasteiger partial charge in [-0.3, -0.25) is 9.47 Å². The third-order valence-electron chi connectivity index (χ3n) is 4.60. The normalized spacial score (nSPS) is 19.4. The molecule has 0 spiro atoms. The Morgan fingerprint density at radius 3 is 2.88 bits per heavy atom. The van der Waals surface area contributed by atoms with Crippen molar-refractivity contribution in [3.8, 4) is 10.7 Å². The maximum Gasteiger partial charge on any atom is 0.199 e. The molecule has 0 unspecified atom stereocenters. The second-order valence-electron chi connectivity index (χ2n) is 6.33. The lowest BCUT2D eigenvalue weighted by molar-refractivity contribution is 0.0980. The van der Waals surface area contributed by atoms with Gasteiger partial charge in [0.15, 0.2) is 20.4 Å². The summed E-state index contributed by atoms with van der Waals surface area (Å²) in [7, 11) is -1.30. The van der Waals surface area contributed by atoms with Crippen LogP contribution in [0, 0.1) is 4.77 Å². The Bertz CT molecular complexity index is 886. The van der Waals surface area contributed by atoms with Crippen LogP contribution in [0.5, 0.6) is 0 Å². The van der Waals surface area contributed by atoms with Gasteiger partial charge in [-0.05, 0) is 37.0 Å². The zero-order valence-electron chi connectivity index (χ0n) is 15.0. The lowest BCUT2D eigenvalue weighted by Gasteiger charge is -2.27. The van der Waals surface area contributed by atoms with Crippen LogP contribution in [0.25, 0.3) is 10.7 Å². The minimum absolute atomic E-state index is 0.0194. The first-order valence-electron chi connectivity index (χ1n) is 8.60. The molecular formula is C16H24N4O3S3. The Balaban J connectivity index is 1.88. The van der Waals surface area contributed by atoms with E-state index in [1.165, 1.54) is 0 Å². The minimum atomic E-state index is -2.95. The summed E-state index contributed by atoms with van der Waals surface area (Å²) in [6.45, 7) is 4.43. The van der Waals surface area contributed by atoms with E-state index in [1.54, 1.807) is 23.1 Å². The van der Waals surface area contributed by atoms with Gasteiger partial charge < -0.3 is 4.74 Å². The second kappa shape index (κ2) is 8.30. The second-order valence-corrected chi connectivity index (χ2v) is 9.87. The highest BCUT2D eigenvalue weighted by Crippen LogP contribution is 2.24. The van der Waals surface area contributed by atoms with Crippen LogP contribution >= 0.6 is 23.6 Å². The van der Waals surface area contributed by atoms with Gasteiger partial charge >= 0.3 is 0 Å². The van der Waals surface area contributed by atoms with Crippen molar-refractivity contribution in [1.82, 2.24) is 19.2 Å². The molecule has 2 aromatic heterocycles. The topological polar surface area (TPSA) is 69.4 Å². The van der Waals surface area contributed by atoms with Crippen LogP contribution < -0.4 is 0 Å². The van der Waals surface area contributed by atoms with Crippen molar-refractivity contribution in [2.45, 2.75) is 32.6 Å². The number of sulfone groups is 1. The monoisotopic (exact) mass is 416 g/mol. The van der Waals surface area contributed by atoms with Gasteiger partial charge in [-0.25, -0.2) is 13.1 Å². The molecule has 1 saturated heterocycles. The largest absolute Gasteiger partial charge is 0.383 e. The summed E-state index contributed by atoms with van der Waals surface area (Å²) in [4.78, 5) is 3.19. The summed E-state index contributed by atoms with van der Waals surface area (Å²) in [5.41, 5.74) is 0. The van der Waals surface area contributed by atoms with Gasteiger partial charge in [-0.15, -0.1) is 16.4 Å². The lowest BCUT2D eigenvalue weighted by Crippen LogP contribution is -2.40. The molecule has 0 radical (unpaired) electrons. The average Bonchev–Trinajstić information content (AvgIpc) is 3.31. The van der Waals surface area contributed by atoms with Gasteiger partial charge in [-0.2, -0.15) is 0 Å². The first kappa shape index (κ1) is 19.7. The highest BCUT2D eigenvalue weighted by molar-refractivity contribution is 7.91. The molecular weight excluding hydrogens is 392 g/mol. The number of methoxy groups -OCH3 is 1. The van der Waals surface area contributed by atoms with Gasteiger partial charge in [0, 0.05) is 26.2 Å². The summed E-state index contributed by atoms with van der Waals surface area (Å²) in [5.74, 6) is 1.30. The van der Waals surface area contributed by atoms with E-state index >= 15 is 0 Å². The van der Waals surface area contributed by atoms with Crippen molar-refractivity contribution in [3.63, 3.8) is 0 Å². The standard InChI is InChI=1S/C16H24N4O3S3/c1-3-19-15(14-5-4-9-25-14)17-20(16(19)24)12-18(7-8-23-2)13-6-10-26(21,22)11-13/h4-5,9,13H,3,6-8,10-12H2,1-2H3/t13-/m0/s1. The molecule has 1 aliphatic heterocycles. The SMILES string of the molecule is CCn1c(-c2cccs2)nn(CN(CCOC)[C@H]2CCS(=O)(=O)C2)c1=S. The molecule has 3 heterocycles. The minimum Gasteiger partial charge on any atom is -0.383 e. The molecule has 1 aliphatic rings. The van der Waals surface area contributed by atoms with E-state index in [0.29, 0.717) is 31.0 Å². The Hall–Kier alpha value is -1.07. The van der Waals surface area contributed by atoms with Crippen molar-refractivity contribution in [2.75, 3.05) is 31.8 Å². The number of hydrogen-bond donors (Lipinski definition) is 0. The van der Waals surface area contributed by atoms with Crippen LogP contribution in [0.2, 0.25) is 0 Å². The highest BCUT2D eigenvalue weighted by Gasteiger charge is 2.32. The predicted octanol–water partition coefficient (Wildman–Crippen LogP) is 2.26. The molecule has 1 atom stereocenters. The molecule has 144 valence electrons. The summed E-state index contributed by atoms with van der Waals surface area (Å²) in [6.07, 6.45) is 0.644. The van der Waals surface area contributed by atoms with Crippen molar-refractivity contribution in [3.05, 3.63) is 22.3 Å². The zero-order valence-corrected chi connectivity index (χ0v) is 17.4. The fourth-order valence-corrected chi connectivity index (χ4v) is 6.01. The maximum atomic E-state index is 11.9. The summed E-state index contributed by atoms with van der Waals surface area (Å²) in [5, 5.41) is 6.75. The Morgan fingerprint density at radius 2 is 2.31 bits per heavy atom. The smallest absolute Gasteiger partial charge is 0.199 e. The van der Waals surface area contributed by atoms with E-state index < -0.39 is 9.84 Å². The number of aromatic nitrogens is 3. The first-order chi connectivity index (χ1) is 12.4. The van der Waals surface area contributed by atoms with Crippen molar-refractivity contribution >= 4 is 33.4 Å². The van der Waals surface area contributed by atoms with Crippen LogP contribution in [0.15, 0.2) is 17.5 Å². The third kappa shape index (κ3) is 4.25. The summed E-state index contributed by atoms with van der Waals surface area (Å²) in [6, 6.07) is 4.01. The van der Waals surface area contributed by atoms with Gasteiger partial charge in [-0.1, -0.05) is 6.07 Å². The molecule has 1 fully saturated rings. The van der Waals surface area contributed by atoms with E-state index in [9.17, 15) is 8.42 Å². The molecule has 7 nitrogen and oxygen atoms in total. The average molecular weight is 417 g/mol. The third-order valence-corrected chi connectivity index (χ3v) is 7.65. The van der Waals surface area contributed by atoms with Gasteiger partial charge in [0.25, 0.3) is 0 Å². The van der Waals surface area contributed by atoms with Crippen molar-refractivity contribution < 1.29 is 13.2 Å². The molecule has 0 aliphatic carbocycles.